The maximum Gasteiger partial charge on any atom is 0.128 e. The molecule has 2 aromatic rings. The Morgan fingerprint density at radius 3 is 2.91 bits per heavy atom. The molecule has 0 fully saturated rings. The topological polar surface area (TPSA) is 21.3 Å². The molecule has 23 heavy (non-hydrogen) atoms. The van der Waals surface area contributed by atoms with Gasteiger partial charge >= 0.3 is 0 Å². The van der Waals surface area contributed by atoms with Crippen LogP contribution in [0.4, 0.5) is 0 Å². The van der Waals surface area contributed by atoms with Gasteiger partial charge in [0.2, 0.25) is 0 Å². The van der Waals surface area contributed by atoms with E-state index in [1.54, 1.807) is 0 Å². The van der Waals surface area contributed by atoms with Crippen molar-refractivity contribution in [3.63, 3.8) is 0 Å². The summed E-state index contributed by atoms with van der Waals surface area (Å²) in [7, 11) is 2.00. The molecule has 2 aromatic carbocycles. The number of rotatable bonds is 6. The van der Waals surface area contributed by atoms with Gasteiger partial charge in [-0.15, -0.1) is 0 Å². The normalized spacial score (nSPS) is 16.0. The molecule has 0 saturated carbocycles. The molecule has 0 spiro atoms. The monoisotopic (exact) mass is 307 g/mol. The average molecular weight is 307 g/mol. The van der Waals surface area contributed by atoms with Crippen molar-refractivity contribution in [2.45, 2.75) is 31.8 Å². The second kappa shape index (κ2) is 7.98. The summed E-state index contributed by atoms with van der Waals surface area (Å²) in [6.45, 7) is 0.955. The minimum Gasteiger partial charge on any atom is -0.485 e. The summed E-state index contributed by atoms with van der Waals surface area (Å²) in [4.78, 5) is 0. The fraction of sp³-hybridized carbons (Fsp3) is 0.333. The van der Waals surface area contributed by atoms with Crippen LogP contribution in [0, 0.1) is 0 Å². The van der Waals surface area contributed by atoms with E-state index < -0.39 is 0 Å². The molecule has 1 N–H and O–H groups in total. The Morgan fingerprint density at radius 2 is 2.00 bits per heavy atom. The van der Waals surface area contributed by atoms with Crippen LogP contribution in [0.1, 0.15) is 25.7 Å². The lowest BCUT2D eigenvalue weighted by atomic mass is 10.0. The van der Waals surface area contributed by atoms with E-state index in [0.717, 1.165) is 31.6 Å². The van der Waals surface area contributed by atoms with Gasteiger partial charge in [0.25, 0.3) is 0 Å². The number of benzene rings is 2. The SMILES string of the molecule is CNCC[C@H](Oc1cccc2ccccc12)C1=CC=CCCC1. The van der Waals surface area contributed by atoms with Gasteiger partial charge in [-0.2, -0.15) is 0 Å². The number of ether oxygens (including phenoxy) is 1. The predicted molar refractivity (Wildman–Crippen MR) is 98.0 cm³/mol. The van der Waals surface area contributed by atoms with Crippen molar-refractivity contribution >= 4 is 10.8 Å². The van der Waals surface area contributed by atoms with E-state index in [1.165, 1.54) is 22.8 Å². The standard InChI is InChI=1S/C21H25NO/c1-22-16-15-20(18-10-4-2-3-5-11-18)23-21-14-8-12-17-9-6-7-13-19(17)21/h2,4,6-10,12-14,20,22H,3,5,11,15-16H2,1H3/t20-/m0/s1. The van der Waals surface area contributed by atoms with Crippen LogP contribution in [0.15, 0.2) is 66.3 Å². The molecular formula is C21H25NO. The molecule has 0 saturated heterocycles. The van der Waals surface area contributed by atoms with Crippen LogP contribution in [0.25, 0.3) is 10.8 Å². The summed E-state index contributed by atoms with van der Waals surface area (Å²) in [6, 6.07) is 14.7. The molecule has 120 valence electrons. The third-order valence-corrected chi connectivity index (χ3v) is 4.37. The van der Waals surface area contributed by atoms with Crippen molar-refractivity contribution in [2.24, 2.45) is 0 Å². The lowest BCUT2D eigenvalue weighted by molar-refractivity contribution is 0.224. The number of nitrogens with one attached hydrogen (secondary N) is 1. The Labute approximate surface area is 138 Å². The highest BCUT2D eigenvalue weighted by atomic mass is 16.5. The first kappa shape index (κ1) is 15.8. The van der Waals surface area contributed by atoms with Crippen molar-refractivity contribution in [1.29, 1.82) is 0 Å². The second-order valence-electron chi connectivity index (χ2n) is 6.04. The van der Waals surface area contributed by atoms with Gasteiger partial charge in [-0.1, -0.05) is 54.6 Å². The van der Waals surface area contributed by atoms with Crippen molar-refractivity contribution in [2.75, 3.05) is 13.6 Å². The zero-order valence-corrected chi connectivity index (χ0v) is 13.8. The molecular weight excluding hydrogens is 282 g/mol. The highest BCUT2D eigenvalue weighted by Crippen LogP contribution is 2.29. The molecule has 1 aliphatic carbocycles. The van der Waals surface area contributed by atoms with E-state index in [-0.39, 0.29) is 6.10 Å². The van der Waals surface area contributed by atoms with Crippen LogP contribution in [-0.2, 0) is 0 Å². The average Bonchev–Trinajstić information content (AvgIpc) is 2.88. The molecule has 1 aliphatic rings. The third-order valence-electron chi connectivity index (χ3n) is 4.37. The van der Waals surface area contributed by atoms with Gasteiger partial charge in [-0.25, -0.2) is 0 Å². The lowest BCUT2D eigenvalue weighted by Crippen LogP contribution is -2.24. The van der Waals surface area contributed by atoms with E-state index in [4.69, 9.17) is 4.74 Å². The highest BCUT2D eigenvalue weighted by Gasteiger charge is 2.17. The van der Waals surface area contributed by atoms with Gasteiger partial charge in [0.15, 0.2) is 0 Å². The van der Waals surface area contributed by atoms with E-state index >= 15 is 0 Å². The van der Waals surface area contributed by atoms with E-state index in [9.17, 15) is 0 Å². The van der Waals surface area contributed by atoms with Crippen LogP contribution >= 0.6 is 0 Å². The molecule has 0 unspecified atom stereocenters. The molecule has 0 amide bonds. The Hall–Kier alpha value is -2.06. The third kappa shape index (κ3) is 4.02. The van der Waals surface area contributed by atoms with E-state index in [2.05, 4.69) is 66.0 Å². The van der Waals surface area contributed by atoms with Gasteiger partial charge < -0.3 is 10.1 Å². The summed E-state index contributed by atoms with van der Waals surface area (Å²) >= 11 is 0. The summed E-state index contributed by atoms with van der Waals surface area (Å²) in [5, 5.41) is 5.67. The number of fused-ring (bicyclic) bond motifs is 1. The van der Waals surface area contributed by atoms with Crippen LogP contribution < -0.4 is 10.1 Å². The van der Waals surface area contributed by atoms with Crippen LogP contribution in [0.3, 0.4) is 0 Å². The van der Waals surface area contributed by atoms with Crippen molar-refractivity contribution in [3.8, 4) is 5.75 Å². The van der Waals surface area contributed by atoms with Gasteiger partial charge in [-0.3, -0.25) is 0 Å². The quantitative estimate of drug-likeness (QED) is 0.822. The predicted octanol–water partition coefficient (Wildman–Crippen LogP) is 4.86. The minimum absolute atomic E-state index is 0.135. The maximum atomic E-state index is 6.48. The largest absolute Gasteiger partial charge is 0.485 e. The van der Waals surface area contributed by atoms with Gasteiger partial charge in [-0.05, 0) is 49.9 Å². The number of hydrogen-bond donors (Lipinski definition) is 1. The fourth-order valence-electron chi connectivity index (χ4n) is 3.11. The molecule has 0 aromatic heterocycles. The van der Waals surface area contributed by atoms with Gasteiger partial charge in [0, 0.05) is 11.8 Å². The smallest absolute Gasteiger partial charge is 0.128 e. The Kier molecular flexibility index (Phi) is 5.49. The molecule has 0 aliphatic heterocycles. The summed E-state index contributed by atoms with van der Waals surface area (Å²) in [6.07, 6.45) is 11.3. The Balaban J connectivity index is 1.87. The maximum absolute atomic E-state index is 6.48. The van der Waals surface area contributed by atoms with Crippen LogP contribution in [-0.4, -0.2) is 19.7 Å². The molecule has 3 rings (SSSR count). The molecule has 0 heterocycles. The minimum atomic E-state index is 0.135. The molecule has 0 radical (unpaired) electrons. The van der Waals surface area contributed by atoms with Crippen LogP contribution in [0.2, 0.25) is 0 Å². The van der Waals surface area contributed by atoms with Gasteiger partial charge in [0.1, 0.15) is 11.9 Å². The molecule has 2 nitrogen and oxygen atoms in total. The van der Waals surface area contributed by atoms with E-state index in [0.29, 0.717) is 0 Å². The van der Waals surface area contributed by atoms with Crippen LogP contribution in [0.5, 0.6) is 5.75 Å². The summed E-state index contributed by atoms with van der Waals surface area (Å²) < 4.78 is 6.48. The number of allylic oxidation sites excluding steroid dienone is 3. The summed E-state index contributed by atoms with van der Waals surface area (Å²) in [5.41, 5.74) is 1.40. The highest BCUT2D eigenvalue weighted by molar-refractivity contribution is 5.88. The molecule has 1 atom stereocenters. The van der Waals surface area contributed by atoms with Crippen molar-refractivity contribution in [3.05, 3.63) is 66.3 Å². The first-order valence-corrected chi connectivity index (χ1v) is 8.53. The molecule has 2 heteroatoms. The fourth-order valence-corrected chi connectivity index (χ4v) is 3.11. The molecule has 0 bridgehead atoms. The van der Waals surface area contributed by atoms with E-state index in [1.807, 2.05) is 7.05 Å². The zero-order valence-electron chi connectivity index (χ0n) is 13.8. The zero-order chi connectivity index (χ0) is 15.9. The first-order valence-electron chi connectivity index (χ1n) is 8.53. The number of hydrogen-bond acceptors (Lipinski definition) is 2. The lowest BCUT2D eigenvalue weighted by Gasteiger charge is -2.23. The Morgan fingerprint density at radius 1 is 1.13 bits per heavy atom. The van der Waals surface area contributed by atoms with Crippen molar-refractivity contribution in [1.82, 2.24) is 5.32 Å². The summed E-state index contributed by atoms with van der Waals surface area (Å²) in [5.74, 6) is 0.985. The van der Waals surface area contributed by atoms with Gasteiger partial charge in [0.05, 0.1) is 0 Å². The Bertz CT molecular complexity index is 697. The first-order chi connectivity index (χ1) is 11.4. The van der Waals surface area contributed by atoms with Crippen molar-refractivity contribution < 1.29 is 4.74 Å². The second-order valence-corrected chi connectivity index (χ2v) is 6.04.